The topological polar surface area (TPSA) is 61.4 Å². The molecular weight excluding hydrogens is 216 g/mol. The summed E-state index contributed by atoms with van der Waals surface area (Å²) in [6.45, 7) is 6.60. The van der Waals surface area contributed by atoms with E-state index in [4.69, 9.17) is 0 Å². The Balaban J connectivity index is 2.24. The quantitative estimate of drug-likeness (QED) is 0.602. The highest BCUT2D eigenvalue weighted by molar-refractivity contribution is 5.81. The second kappa shape index (κ2) is 7.45. The van der Waals surface area contributed by atoms with Gasteiger partial charge in [0, 0.05) is 13.1 Å². The molecule has 0 spiro atoms. The summed E-state index contributed by atoms with van der Waals surface area (Å²) in [4.78, 5) is 11.6. The van der Waals surface area contributed by atoms with Crippen LogP contribution in [0.1, 0.15) is 32.6 Å². The van der Waals surface area contributed by atoms with Gasteiger partial charge in [0.25, 0.3) is 0 Å². The zero-order valence-electron chi connectivity index (χ0n) is 10.6. The average molecular weight is 240 g/mol. The molecule has 0 aromatic rings. The Kier molecular flexibility index (Phi) is 6.22. The Morgan fingerprint density at radius 2 is 2.24 bits per heavy atom. The molecule has 1 fully saturated rings. The van der Waals surface area contributed by atoms with Gasteiger partial charge in [0.2, 0.25) is 5.91 Å². The van der Waals surface area contributed by atoms with Gasteiger partial charge in [-0.2, -0.15) is 0 Å². The first-order valence-electron chi connectivity index (χ1n) is 6.45. The highest BCUT2D eigenvalue weighted by Gasteiger charge is 2.23. The molecule has 0 radical (unpaired) electrons. The van der Waals surface area contributed by atoms with E-state index in [9.17, 15) is 9.90 Å². The maximum Gasteiger partial charge on any atom is 0.237 e. The molecule has 1 aliphatic carbocycles. The molecule has 0 aromatic heterocycles. The van der Waals surface area contributed by atoms with Gasteiger partial charge < -0.3 is 15.7 Å². The van der Waals surface area contributed by atoms with Crippen molar-refractivity contribution in [3.63, 3.8) is 0 Å². The number of amides is 1. The van der Waals surface area contributed by atoms with Crippen molar-refractivity contribution in [3.8, 4) is 0 Å². The summed E-state index contributed by atoms with van der Waals surface area (Å²) < 4.78 is 0. The van der Waals surface area contributed by atoms with E-state index in [1.165, 1.54) is 6.42 Å². The number of rotatable bonds is 6. The summed E-state index contributed by atoms with van der Waals surface area (Å²) >= 11 is 0. The van der Waals surface area contributed by atoms with Gasteiger partial charge >= 0.3 is 0 Å². The first-order valence-corrected chi connectivity index (χ1v) is 6.45. The van der Waals surface area contributed by atoms with Gasteiger partial charge in [-0.3, -0.25) is 4.79 Å². The third-order valence-corrected chi connectivity index (χ3v) is 3.37. The van der Waals surface area contributed by atoms with Crippen molar-refractivity contribution in [2.75, 3.05) is 13.1 Å². The van der Waals surface area contributed by atoms with Crippen molar-refractivity contribution in [3.05, 3.63) is 12.7 Å². The van der Waals surface area contributed by atoms with Gasteiger partial charge in [0.05, 0.1) is 12.1 Å². The summed E-state index contributed by atoms with van der Waals surface area (Å²) in [5.74, 6) is 0.272. The molecule has 0 saturated heterocycles. The fraction of sp³-hybridized carbons (Fsp3) is 0.769. The minimum atomic E-state index is -0.218. The van der Waals surface area contributed by atoms with Gasteiger partial charge in [-0.05, 0) is 25.7 Å². The Labute approximate surface area is 103 Å². The highest BCUT2D eigenvalue weighted by Crippen LogP contribution is 2.23. The second-order valence-corrected chi connectivity index (χ2v) is 4.78. The number of aliphatic hydroxyl groups is 1. The fourth-order valence-electron chi connectivity index (χ4n) is 2.17. The lowest BCUT2D eigenvalue weighted by atomic mass is 9.86. The zero-order chi connectivity index (χ0) is 12.7. The Morgan fingerprint density at radius 1 is 1.53 bits per heavy atom. The van der Waals surface area contributed by atoms with E-state index in [-0.39, 0.29) is 18.1 Å². The first-order chi connectivity index (χ1) is 8.15. The van der Waals surface area contributed by atoms with Crippen LogP contribution in [0, 0.1) is 5.92 Å². The number of carbonyl (C=O) groups excluding carboxylic acids is 1. The number of hydrogen-bond donors (Lipinski definition) is 3. The molecule has 0 heterocycles. The Morgan fingerprint density at radius 3 is 2.88 bits per heavy atom. The number of nitrogens with one attached hydrogen (secondary N) is 2. The molecule has 0 bridgehead atoms. The Hall–Kier alpha value is -0.870. The Bertz CT molecular complexity index is 256. The predicted octanol–water partition coefficient (Wildman–Crippen LogP) is 0.818. The zero-order valence-corrected chi connectivity index (χ0v) is 10.6. The van der Waals surface area contributed by atoms with E-state index < -0.39 is 0 Å². The second-order valence-electron chi connectivity index (χ2n) is 4.78. The van der Waals surface area contributed by atoms with Gasteiger partial charge in [-0.15, -0.1) is 6.58 Å². The van der Waals surface area contributed by atoms with Crippen LogP contribution in [0.3, 0.4) is 0 Å². The van der Waals surface area contributed by atoms with Gasteiger partial charge in [0.15, 0.2) is 0 Å². The summed E-state index contributed by atoms with van der Waals surface area (Å²) in [6.07, 6.45) is 5.70. The van der Waals surface area contributed by atoms with Crippen molar-refractivity contribution < 1.29 is 9.90 Å². The van der Waals surface area contributed by atoms with Crippen LogP contribution in [-0.4, -0.2) is 36.2 Å². The van der Waals surface area contributed by atoms with Crippen LogP contribution in [0.5, 0.6) is 0 Å². The van der Waals surface area contributed by atoms with Crippen molar-refractivity contribution in [2.45, 2.75) is 44.8 Å². The minimum Gasteiger partial charge on any atom is -0.393 e. The van der Waals surface area contributed by atoms with E-state index >= 15 is 0 Å². The number of carbonyl (C=O) groups is 1. The lowest BCUT2D eigenvalue weighted by Gasteiger charge is -2.28. The van der Waals surface area contributed by atoms with Crippen molar-refractivity contribution in [2.24, 2.45) is 5.92 Å². The normalized spacial score (nSPS) is 26.2. The molecule has 3 atom stereocenters. The van der Waals surface area contributed by atoms with Crippen LogP contribution in [0.15, 0.2) is 12.7 Å². The molecule has 3 N–H and O–H groups in total. The minimum absolute atomic E-state index is 0.0183. The molecule has 1 rings (SSSR count). The molecule has 4 heteroatoms. The molecule has 17 heavy (non-hydrogen) atoms. The van der Waals surface area contributed by atoms with Crippen molar-refractivity contribution in [1.29, 1.82) is 0 Å². The summed E-state index contributed by atoms with van der Waals surface area (Å²) in [5, 5.41) is 15.7. The van der Waals surface area contributed by atoms with E-state index in [2.05, 4.69) is 17.2 Å². The monoisotopic (exact) mass is 240 g/mol. The van der Waals surface area contributed by atoms with Gasteiger partial charge in [-0.25, -0.2) is 0 Å². The average Bonchev–Trinajstić information content (AvgIpc) is 2.34. The van der Waals surface area contributed by atoms with E-state index in [1.807, 2.05) is 6.92 Å². The van der Waals surface area contributed by atoms with Crippen LogP contribution in [0.4, 0.5) is 0 Å². The maximum atomic E-state index is 11.6. The third-order valence-electron chi connectivity index (χ3n) is 3.37. The number of aliphatic hydroxyl groups excluding tert-OH is 1. The third kappa shape index (κ3) is 4.88. The van der Waals surface area contributed by atoms with Crippen LogP contribution in [0.2, 0.25) is 0 Å². The van der Waals surface area contributed by atoms with Gasteiger partial charge in [-0.1, -0.05) is 18.9 Å². The standard InChI is InChI=1S/C13H24N2O2/c1-3-8-14-13(17)10(2)15-9-11-6-4-5-7-12(11)16/h3,10-12,15-16H,1,4-9H2,2H3,(H,14,17). The predicted molar refractivity (Wildman–Crippen MR) is 68.6 cm³/mol. The molecule has 1 saturated carbocycles. The SMILES string of the molecule is C=CCNC(=O)C(C)NCC1CCCCC1O. The molecule has 98 valence electrons. The molecular formula is C13H24N2O2. The largest absolute Gasteiger partial charge is 0.393 e. The van der Waals surface area contributed by atoms with Crippen LogP contribution in [-0.2, 0) is 4.79 Å². The molecule has 0 aliphatic heterocycles. The molecule has 3 unspecified atom stereocenters. The van der Waals surface area contributed by atoms with Crippen molar-refractivity contribution >= 4 is 5.91 Å². The lowest BCUT2D eigenvalue weighted by molar-refractivity contribution is -0.122. The highest BCUT2D eigenvalue weighted by atomic mass is 16.3. The van der Waals surface area contributed by atoms with Crippen LogP contribution >= 0.6 is 0 Å². The molecule has 4 nitrogen and oxygen atoms in total. The van der Waals surface area contributed by atoms with Crippen LogP contribution < -0.4 is 10.6 Å². The lowest BCUT2D eigenvalue weighted by Crippen LogP contribution is -2.45. The van der Waals surface area contributed by atoms with Crippen LogP contribution in [0.25, 0.3) is 0 Å². The maximum absolute atomic E-state index is 11.6. The van der Waals surface area contributed by atoms with Gasteiger partial charge in [0.1, 0.15) is 0 Å². The van der Waals surface area contributed by atoms with E-state index in [1.54, 1.807) is 6.08 Å². The van der Waals surface area contributed by atoms with E-state index in [0.717, 1.165) is 19.3 Å². The summed E-state index contributed by atoms with van der Waals surface area (Å²) in [6, 6.07) is -0.218. The summed E-state index contributed by atoms with van der Waals surface area (Å²) in [5.41, 5.74) is 0. The molecule has 1 amide bonds. The molecule has 1 aliphatic rings. The van der Waals surface area contributed by atoms with Crippen molar-refractivity contribution in [1.82, 2.24) is 10.6 Å². The van der Waals surface area contributed by atoms with E-state index in [0.29, 0.717) is 19.0 Å². The molecule has 0 aromatic carbocycles. The summed E-state index contributed by atoms with van der Waals surface area (Å²) in [7, 11) is 0. The number of hydrogen-bond acceptors (Lipinski definition) is 3. The smallest absolute Gasteiger partial charge is 0.237 e. The first kappa shape index (κ1) is 14.2. The fourth-order valence-corrected chi connectivity index (χ4v) is 2.17.